The summed E-state index contributed by atoms with van der Waals surface area (Å²) in [5, 5.41) is 15.2. The van der Waals surface area contributed by atoms with Crippen LogP contribution in [-0.4, -0.2) is 14.9 Å². The average Bonchev–Trinajstić information content (AvgIpc) is 2.51. The third kappa shape index (κ3) is 2.58. The Kier molecular flexibility index (Phi) is 3.54. The number of aryl methyl sites for hydroxylation is 1. The molecule has 0 saturated heterocycles. The first kappa shape index (κ1) is 13.5. The minimum Gasteiger partial charge on any atom is -0.386 e. The van der Waals surface area contributed by atoms with E-state index in [4.69, 9.17) is 0 Å². The molecule has 2 aromatic carbocycles. The van der Waals surface area contributed by atoms with Crippen LogP contribution >= 0.6 is 0 Å². The van der Waals surface area contributed by atoms with Crippen molar-refractivity contribution in [2.45, 2.75) is 19.6 Å². The lowest BCUT2D eigenvalue weighted by Gasteiger charge is -2.16. The molecule has 0 aliphatic rings. The van der Waals surface area contributed by atoms with Crippen LogP contribution in [0.25, 0.3) is 10.9 Å². The van der Waals surface area contributed by atoms with Crippen molar-refractivity contribution in [1.82, 2.24) is 9.78 Å². The lowest BCUT2D eigenvalue weighted by Crippen LogP contribution is -2.16. The van der Waals surface area contributed by atoms with Gasteiger partial charge in [-0.1, -0.05) is 36.4 Å². The fourth-order valence-electron chi connectivity index (χ4n) is 2.53. The van der Waals surface area contributed by atoms with Crippen molar-refractivity contribution in [3.05, 3.63) is 76.1 Å². The predicted octanol–water partition coefficient (Wildman–Crippen LogP) is 2.44. The Morgan fingerprint density at radius 2 is 1.86 bits per heavy atom. The van der Waals surface area contributed by atoms with Crippen LogP contribution in [0.15, 0.2) is 59.5 Å². The van der Waals surface area contributed by atoms with Crippen LogP contribution in [-0.2, 0) is 6.54 Å². The van der Waals surface area contributed by atoms with Crippen molar-refractivity contribution in [2.24, 2.45) is 0 Å². The van der Waals surface area contributed by atoms with Gasteiger partial charge in [-0.3, -0.25) is 9.48 Å². The summed E-state index contributed by atoms with van der Waals surface area (Å²) in [5.41, 5.74) is 2.54. The summed E-state index contributed by atoms with van der Waals surface area (Å²) in [6, 6.07) is 15.0. The molecule has 3 rings (SSSR count). The molecule has 0 aliphatic carbocycles. The molecule has 0 spiro atoms. The number of nitrogens with zero attached hydrogens (tertiary/aromatic N) is 2. The quantitative estimate of drug-likeness (QED) is 0.801. The van der Waals surface area contributed by atoms with Gasteiger partial charge >= 0.3 is 0 Å². The Hall–Kier alpha value is -2.46. The summed E-state index contributed by atoms with van der Waals surface area (Å²) in [5.74, 6) is 0. The molecule has 0 bridgehead atoms. The zero-order chi connectivity index (χ0) is 14.8. The normalized spacial score (nSPS) is 12.5. The topological polar surface area (TPSA) is 55.1 Å². The van der Waals surface area contributed by atoms with Gasteiger partial charge < -0.3 is 5.11 Å². The number of rotatable bonds is 3. The van der Waals surface area contributed by atoms with Crippen LogP contribution in [0.3, 0.4) is 0 Å². The van der Waals surface area contributed by atoms with Crippen molar-refractivity contribution in [1.29, 1.82) is 0 Å². The number of aliphatic hydroxyl groups excluding tert-OH is 1. The van der Waals surface area contributed by atoms with Gasteiger partial charge in [0, 0.05) is 5.39 Å². The summed E-state index contributed by atoms with van der Waals surface area (Å²) in [6.07, 6.45) is 0.636. The number of aromatic nitrogens is 2. The minimum atomic E-state index is -0.662. The Morgan fingerprint density at radius 3 is 2.67 bits per heavy atom. The van der Waals surface area contributed by atoms with E-state index in [0.717, 1.165) is 16.6 Å². The number of benzene rings is 2. The lowest BCUT2D eigenvalue weighted by molar-refractivity contribution is 0.152. The van der Waals surface area contributed by atoms with E-state index in [2.05, 4.69) is 5.10 Å². The maximum atomic E-state index is 11.8. The van der Waals surface area contributed by atoms with Crippen molar-refractivity contribution >= 4 is 10.9 Å². The number of hydrogen-bond donors (Lipinski definition) is 1. The number of hydrogen-bond acceptors (Lipinski definition) is 3. The first-order valence-electron chi connectivity index (χ1n) is 6.85. The molecule has 4 nitrogen and oxygen atoms in total. The third-order valence-corrected chi connectivity index (χ3v) is 3.66. The van der Waals surface area contributed by atoms with Gasteiger partial charge in [0.25, 0.3) is 0 Å². The molecule has 0 saturated carbocycles. The summed E-state index contributed by atoms with van der Waals surface area (Å²) in [7, 11) is 0. The summed E-state index contributed by atoms with van der Waals surface area (Å²) >= 11 is 0. The van der Waals surface area contributed by atoms with Gasteiger partial charge in [0.2, 0.25) is 5.43 Å². The molecular formula is C17H16N2O2. The molecule has 1 N–H and O–H groups in total. The maximum Gasteiger partial charge on any atom is 0.207 e. The van der Waals surface area contributed by atoms with Crippen LogP contribution in [0.1, 0.15) is 17.2 Å². The van der Waals surface area contributed by atoms with E-state index in [1.165, 1.54) is 6.20 Å². The highest BCUT2D eigenvalue weighted by molar-refractivity contribution is 5.77. The van der Waals surface area contributed by atoms with Crippen LogP contribution in [0.4, 0.5) is 0 Å². The average molecular weight is 280 g/mol. The second-order valence-corrected chi connectivity index (χ2v) is 5.08. The smallest absolute Gasteiger partial charge is 0.207 e. The molecule has 4 heteroatoms. The van der Waals surface area contributed by atoms with Gasteiger partial charge in [0.15, 0.2) is 0 Å². The maximum absolute atomic E-state index is 11.8. The van der Waals surface area contributed by atoms with E-state index in [1.807, 2.05) is 49.4 Å². The second kappa shape index (κ2) is 5.50. The highest BCUT2D eigenvalue weighted by Gasteiger charge is 2.12. The van der Waals surface area contributed by atoms with E-state index in [9.17, 15) is 9.90 Å². The largest absolute Gasteiger partial charge is 0.386 e. The van der Waals surface area contributed by atoms with Gasteiger partial charge in [-0.25, -0.2) is 0 Å². The van der Waals surface area contributed by atoms with Gasteiger partial charge in [-0.2, -0.15) is 5.10 Å². The zero-order valence-corrected chi connectivity index (χ0v) is 11.7. The third-order valence-electron chi connectivity index (χ3n) is 3.66. The highest BCUT2D eigenvalue weighted by atomic mass is 16.3. The fraction of sp³-hybridized carbons (Fsp3) is 0.176. The van der Waals surface area contributed by atoms with E-state index in [-0.39, 0.29) is 5.43 Å². The van der Waals surface area contributed by atoms with Crippen molar-refractivity contribution < 1.29 is 5.11 Å². The molecule has 0 fully saturated rings. The SMILES string of the molecule is Cc1ccccc1C(O)Cn1ncc(=O)c2ccccc21. The van der Waals surface area contributed by atoms with E-state index < -0.39 is 6.10 Å². The number of para-hydroxylation sites is 1. The first-order valence-corrected chi connectivity index (χ1v) is 6.85. The molecule has 0 radical (unpaired) electrons. The number of aliphatic hydroxyl groups is 1. The van der Waals surface area contributed by atoms with Crippen molar-refractivity contribution in [3.63, 3.8) is 0 Å². The summed E-state index contributed by atoms with van der Waals surface area (Å²) < 4.78 is 1.67. The van der Waals surface area contributed by atoms with Gasteiger partial charge in [-0.05, 0) is 30.2 Å². The highest BCUT2D eigenvalue weighted by Crippen LogP contribution is 2.20. The molecule has 1 atom stereocenters. The van der Waals surface area contributed by atoms with Gasteiger partial charge in [0.05, 0.1) is 24.4 Å². The van der Waals surface area contributed by atoms with E-state index >= 15 is 0 Å². The second-order valence-electron chi connectivity index (χ2n) is 5.08. The van der Waals surface area contributed by atoms with Crippen LogP contribution in [0, 0.1) is 6.92 Å². The van der Waals surface area contributed by atoms with E-state index in [0.29, 0.717) is 11.9 Å². The van der Waals surface area contributed by atoms with Crippen molar-refractivity contribution in [2.75, 3.05) is 0 Å². The molecular weight excluding hydrogens is 264 g/mol. The lowest BCUT2D eigenvalue weighted by atomic mass is 10.0. The predicted molar refractivity (Wildman–Crippen MR) is 82.1 cm³/mol. The summed E-state index contributed by atoms with van der Waals surface area (Å²) in [4.78, 5) is 11.8. The number of fused-ring (bicyclic) bond motifs is 1. The van der Waals surface area contributed by atoms with Gasteiger partial charge in [-0.15, -0.1) is 0 Å². The molecule has 1 aromatic heterocycles. The van der Waals surface area contributed by atoms with Crippen LogP contribution < -0.4 is 5.43 Å². The van der Waals surface area contributed by atoms with Crippen LogP contribution in [0.5, 0.6) is 0 Å². The summed E-state index contributed by atoms with van der Waals surface area (Å²) in [6.45, 7) is 2.28. The first-order chi connectivity index (χ1) is 10.2. The molecule has 3 aromatic rings. The van der Waals surface area contributed by atoms with Crippen LogP contribution in [0.2, 0.25) is 0 Å². The molecule has 0 aliphatic heterocycles. The minimum absolute atomic E-state index is 0.104. The Morgan fingerprint density at radius 1 is 1.14 bits per heavy atom. The monoisotopic (exact) mass is 280 g/mol. The molecule has 1 unspecified atom stereocenters. The Bertz CT molecular complexity index is 839. The standard InChI is InChI=1S/C17H16N2O2/c1-12-6-2-3-7-13(12)17(21)11-19-15-9-5-4-8-14(15)16(20)10-18-19/h2-10,17,21H,11H2,1H3. The molecule has 21 heavy (non-hydrogen) atoms. The Labute approximate surface area is 122 Å². The van der Waals surface area contributed by atoms with E-state index in [1.54, 1.807) is 10.7 Å². The Balaban J connectivity index is 2.01. The zero-order valence-electron chi connectivity index (χ0n) is 11.7. The van der Waals surface area contributed by atoms with Gasteiger partial charge in [0.1, 0.15) is 0 Å². The van der Waals surface area contributed by atoms with Crippen molar-refractivity contribution in [3.8, 4) is 0 Å². The molecule has 0 amide bonds. The molecule has 106 valence electrons. The fourth-order valence-corrected chi connectivity index (χ4v) is 2.53. The molecule has 1 heterocycles.